The van der Waals surface area contributed by atoms with Gasteiger partial charge in [-0.05, 0) is 36.2 Å². The van der Waals surface area contributed by atoms with Crippen LogP contribution in [0.2, 0.25) is 0 Å². The van der Waals surface area contributed by atoms with E-state index in [4.69, 9.17) is 9.47 Å². The quantitative estimate of drug-likeness (QED) is 0.285. The van der Waals surface area contributed by atoms with Gasteiger partial charge in [-0.1, -0.05) is 30.3 Å². The monoisotopic (exact) mass is 540 g/mol. The van der Waals surface area contributed by atoms with Gasteiger partial charge in [-0.3, -0.25) is 4.79 Å². The van der Waals surface area contributed by atoms with Gasteiger partial charge in [-0.15, -0.1) is 24.0 Å². The first-order valence-corrected chi connectivity index (χ1v) is 10.00. The minimum Gasteiger partial charge on any atom is -0.497 e. The second kappa shape index (κ2) is 14.5. The van der Waals surface area contributed by atoms with Crippen molar-refractivity contribution in [1.82, 2.24) is 15.1 Å². The fourth-order valence-electron chi connectivity index (χ4n) is 2.63. The van der Waals surface area contributed by atoms with Crippen molar-refractivity contribution in [2.24, 2.45) is 4.99 Å². The molecule has 2 aromatic carbocycles. The molecule has 0 fully saturated rings. The number of amides is 1. The number of nitrogens with zero attached hydrogens (tertiary/aromatic N) is 3. The first-order valence-electron chi connectivity index (χ1n) is 10.00. The van der Waals surface area contributed by atoms with Crippen LogP contribution in [0.5, 0.6) is 11.5 Å². The minimum atomic E-state index is -0.0432. The first-order chi connectivity index (χ1) is 14.5. The maximum absolute atomic E-state index is 12.0. The Balaban J connectivity index is 0.00000480. The number of likely N-dealkylation sites (N-methyl/N-ethyl adjacent to an activating group) is 2. The molecule has 1 N–H and O–H groups in total. The third-order valence-electron chi connectivity index (χ3n) is 4.52. The van der Waals surface area contributed by atoms with Crippen molar-refractivity contribution in [2.75, 3.05) is 54.5 Å². The van der Waals surface area contributed by atoms with Crippen molar-refractivity contribution in [1.29, 1.82) is 0 Å². The lowest BCUT2D eigenvalue weighted by atomic mass is 10.1. The van der Waals surface area contributed by atoms with Gasteiger partial charge in [0.1, 0.15) is 24.7 Å². The van der Waals surface area contributed by atoms with E-state index in [1.54, 1.807) is 21.2 Å². The molecule has 0 unspecified atom stereocenters. The highest BCUT2D eigenvalue weighted by atomic mass is 127. The van der Waals surface area contributed by atoms with Gasteiger partial charge in [0, 0.05) is 27.7 Å². The number of carbonyl (C=O) groups excluding carboxylic acids is 1. The van der Waals surface area contributed by atoms with Crippen LogP contribution in [0.15, 0.2) is 59.6 Å². The number of methoxy groups -OCH3 is 1. The smallest absolute Gasteiger partial charge is 0.243 e. The van der Waals surface area contributed by atoms with Crippen LogP contribution in [0.25, 0.3) is 0 Å². The Hall–Kier alpha value is -2.49. The summed E-state index contributed by atoms with van der Waals surface area (Å²) < 4.78 is 11.0. The van der Waals surface area contributed by atoms with E-state index in [0.29, 0.717) is 25.7 Å². The lowest BCUT2D eigenvalue weighted by Crippen LogP contribution is -2.42. The summed E-state index contributed by atoms with van der Waals surface area (Å²) in [5, 5.41) is 3.36. The molecule has 0 atom stereocenters. The van der Waals surface area contributed by atoms with E-state index in [1.807, 2.05) is 66.5 Å². The predicted octanol–water partition coefficient (Wildman–Crippen LogP) is 2.90. The predicted molar refractivity (Wildman–Crippen MR) is 136 cm³/mol. The molecule has 0 radical (unpaired) electrons. The number of aliphatic imine (C=N–C) groups is 1. The Morgan fingerprint density at radius 1 is 1.00 bits per heavy atom. The zero-order chi connectivity index (χ0) is 21.8. The average molecular weight is 540 g/mol. The number of hydrogen-bond donors (Lipinski definition) is 1. The van der Waals surface area contributed by atoms with Crippen LogP contribution in [0.4, 0.5) is 0 Å². The van der Waals surface area contributed by atoms with Gasteiger partial charge in [0.25, 0.3) is 0 Å². The van der Waals surface area contributed by atoms with E-state index in [-0.39, 0.29) is 36.4 Å². The van der Waals surface area contributed by atoms with Gasteiger partial charge >= 0.3 is 0 Å². The molecule has 2 rings (SSSR count). The largest absolute Gasteiger partial charge is 0.497 e. The molecule has 0 bridgehead atoms. The number of nitrogens with one attached hydrogen (secondary N) is 1. The molecule has 0 spiro atoms. The second-order valence-electron chi connectivity index (χ2n) is 7.04. The van der Waals surface area contributed by atoms with Crippen LogP contribution in [-0.2, 0) is 11.2 Å². The van der Waals surface area contributed by atoms with E-state index in [0.717, 1.165) is 17.9 Å². The summed E-state index contributed by atoms with van der Waals surface area (Å²) >= 11 is 0. The lowest BCUT2D eigenvalue weighted by Gasteiger charge is -2.23. The number of para-hydroxylation sites is 1. The number of rotatable bonds is 10. The van der Waals surface area contributed by atoms with Crippen molar-refractivity contribution in [2.45, 2.75) is 6.42 Å². The summed E-state index contributed by atoms with van der Waals surface area (Å²) in [7, 11) is 7.05. The Kier molecular flexibility index (Phi) is 12.4. The van der Waals surface area contributed by atoms with E-state index < -0.39 is 0 Å². The highest BCUT2D eigenvalue weighted by Crippen LogP contribution is 2.11. The molecule has 0 aliphatic heterocycles. The molecular weight excluding hydrogens is 507 g/mol. The topological polar surface area (TPSA) is 66.4 Å². The lowest BCUT2D eigenvalue weighted by molar-refractivity contribution is -0.127. The third-order valence-corrected chi connectivity index (χ3v) is 4.52. The van der Waals surface area contributed by atoms with Crippen molar-refractivity contribution >= 4 is 35.8 Å². The molecule has 2 aromatic rings. The molecule has 0 saturated carbocycles. The maximum Gasteiger partial charge on any atom is 0.243 e. The van der Waals surface area contributed by atoms with Gasteiger partial charge in [0.05, 0.1) is 13.7 Å². The molecule has 0 aliphatic carbocycles. The summed E-state index contributed by atoms with van der Waals surface area (Å²) in [6, 6.07) is 17.7. The Bertz CT molecular complexity index is 798. The molecule has 8 heteroatoms. The van der Waals surface area contributed by atoms with E-state index in [2.05, 4.69) is 10.3 Å². The minimum absolute atomic E-state index is 0. The fraction of sp³-hybridized carbons (Fsp3) is 0.391. The third kappa shape index (κ3) is 9.91. The number of carbonyl (C=O) groups is 1. The average Bonchev–Trinajstić information content (AvgIpc) is 2.76. The van der Waals surface area contributed by atoms with Crippen molar-refractivity contribution in [3.8, 4) is 11.5 Å². The normalized spacial score (nSPS) is 10.6. The van der Waals surface area contributed by atoms with Crippen LogP contribution in [-0.4, -0.2) is 76.2 Å². The standard InChI is InChI=1S/C23H32N4O3.HI/c1-26(2)22(28)18-25-23(24-15-14-19-10-12-20(29-4)13-11-19)27(3)16-17-30-21-8-6-5-7-9-21;/h5-13H,14-18H2,1-4H3,(H,24,25);1H. The molecule has 0 aromatic heterocycles. The number of ether oxygens (including phenoxy) is 2. The SMILES string of the molecule is COc1ccc(CCNC(=NCC(=O)N(C)C)N(C)CCOc2ccccc2)cc1.I. The van der Waals surface area contributed by atoms with Gasteiger partial charge in [0.15, 0.2) is 5.96 Å². The van der Waals surface area contributed by atoms with Crippen LogP contribution in [0, 0.1) is 0 Å². The van der Waals surface area contributed by atoms with E-state index >= 15 is 0 Å². The van der Waals surface area contributed by atoms with Gasteiger partial charge in [-0.25, -0.2) is 4.99 Å². The van der Waals surface area contributed by atoms with E-state index in [9.17, 15) is 4.79 Å². The highest BCUT2D eigenvalue weighted by molar-refractivity contribution is 14.0. The Labute approximate surface area is 202 Å². The molecule has 31 heavy (non-hydrogen) atoms. The summed E-state index contributed by atoms with van der Waals surface area (Å²) in [6.45, 7) is 1.95. The zero-order valence-corrected chi connectivity index (χ0v) is 21.0. The van der Waals surface area contributed by atoms with Gasteiger partial charge in [-0.2, -0.15) is 0 Å². The van der Waals surface area contributed by atoms with Crippen molar-refractivity contribution in [3.63, 3.8) is 0 Å². The van der Waals surface area contributed by atoms with Crippen molar-refractivity contribution < 1.29 is 14.3 Å². The Morgan fingerprint density at radius 3 is 2.29 bits per heavy atom. The molecule has 0 heterocycles. The summed E-state index contributed by atoms with van der Waals surface area (Å²) in [5.74, 6) is 2.31. The molecule has 0 aliphatic rings. The molecule has 7 nitrogen and oxygen atoms in total. The number of halogens is 1. The molecule has 1 amide bonds. The van der Waals surface area contributed by atoms with Crippen LogP contribution < -0.4 is 14.8 Å². The maximum atomic E-state index is 12.0. The first kappa shape index (κ1) is 26.5. The van der Waals surface area contributed by atoms with E-state index in [1.165, 1.54) is 10.5 Å². The number of guanidine groups is 1. The number of hydrogen-bond acceptors (Lipinski definition) is 4. The van der Waals surface area contributed by atoms with Crippen LogP contribution in [0.3, 0.4) is 0 Å². The summed E-state index contributed by atoms with van der Waals surface area (Å²) in [6.07, 6.45) is 0.832. The second-order valence-corrected chi connectivity index (χ2v) is 7.04. The zero-order valence-electron chi connectivity index (χ0n) is 18.7. The van der Waals surface area contributed by atoms with Crippen LogP contribution in [0.1, 0.15) is 5.56 Å². The molecule has 0 saturated heterocycles. The van der Waals surface area contributed by atoms with Crippen molar-refractivity contribution in [3.05, 3.63) is 60.2 Å². The highest BCUT2D eigenvalue weighted by Gasteiger charge is 2.09. The molecular formula is C23H33IN4O3. The van der Waals surface area contributed by atoms with Gasteiger partial charge < -0.3 is 24.6 Å². The summed E-state index contributed by atoms with van der Waals surface area (Å²) in [5.41, 5.74) is 1.20. The molecule has 170 valence electrons. The summed E-state index contributed by atoms with van der Waals surface area (Å²) in [4.78, 5) is 20.0. The Morgan fingerprint density at radius 2 is 1.68 bits per heavy atom. The number of benzene rings is 2. The van der Waals surface area contributed by atoms with Crippen LogP contribution >= 0.6 is 24.0 Å². The fourth-order valence-corrected chi connectivity index (χ4v) is 2.63. The van der Waals surface area contributed by atoms with Gasteiger partial charge in [0.2, 0.25) is 5.91 Å².